The molecule has 1 aromatic carbocycles. The fourth-order valence-electron chi connectivity index (χ4n) is 1.28. The lowest BCUT2D eigenvalue weighted by atomic mass is 10.3. The molecule has 0 atom stereocenters. The second kappa shape index (κ2) is 5.22. The van der Waals surface area contributed by atoms with Crippen molar-refractivity contribution in [3.8, 4) is 0 Å². The lowest BCUT2D eigenvalue weighted by molar-refractivity contribution is 0.575. The summed E-state index contributed by atoms with van der Waals surface area (Å²) >= 11 is 0. The van der Waals surface area contributed by atoms with E-state index in [1.807, 2.05) is 0 Å². The van der Waals surface area contributed by atoms with Gasteiger partial charge in [-0.1, -0.05) is 12.1 Å². The number of para-hydroxylation sites is 1. The second-order valence-corrected chi connectivity index (χ2v) is 6.90. The summed E-state index contributed by atoms with van der Waals surface area (Å²) < 4.78 is 50.2. The zero-order valence-corrected chi connectivity index (χ0v) is 11.5. The standard InChI is InChI=1S/C9H15N3O4S2/c1-7(2)11-18(15,16)12-8-5-3-4-6-9(8)17(10,13)14/h3-7,11-12H,1-2H3,(H2,10,13,14). The maximum atomic E-state index is 11.6. The van der Waals surface area contributed by atoms with E-state index in [-0.39, 0.29) is 16.6 Å². The molecular weight excluding hydrogens is 278 g/mol. The molecular formula is C9H15N3O4S2. The molecule has 9 heteroatoms. The molecule has 0 heterocycles. The molecule has 1 aromatic rings. The van der Waals surface area contributed by atoms with E-state index in [4.69, 9.17) is 5.14 Å². The molecule has 0 radical (unpaired) electrons. The molecule has 0 fully saturated rings. The first-order valence-electron chi connectivity index (χ1n) is 5.04. The Balaban J connectivity index is 3.14. The van der Waals surface area contributed by atoms with Gasteiger partial charge in [-0.2, -0.15) is 13.1 Å². The van der Waals surface area contributed by atoms with Crippen LogP contribution < -0.4 is 14.6 Å². The van der Waals surface area contributed by atoms with E-state index >= 15 is 0 Å². The van der Waals surface area contributed by atoms with Gasteiger partial charge in [-0.15, -0.1) is 0 Å². The quantitative estimate of drug-likeness (QED) is 0.707. The average molecular weight is 293 g/mol. The summed E-state index contributed by atoms with van der Waals surface area (Å²) in [6.45, 7) is 3.29. The van der Waals surface area contributed by atoms with Crippen molar-refractivity contribution in [1.82, 2.24) is 4.72 Å². The number of nitrogens with one attached hydrogen (secondary N) is 2. The van der Waals surface area contributed by atoms with Crippen molar-refractivity contribution in [2.75, 3.05) is 4.72 Å². The number of nitrogens with two attached hydrogens (primary N) is 1. The SMILES string of the molecule is CC(C)NS(=O)(=O)Nc1ccccc1S(N)(=O)=O. The number of hydrogen-bond donors (Lipinski definition) is 3. The van der Waals surface area contributed by atoms with Crippen LogP contribution in [-0.2, 0) is 20.2 Å². The van der Waals surface area contributed by atoms with Crippen LogP contribution in [0, 0.1) is 0 Å². The van der Waals surface area contributed by atoms with Crippen LogP contribution in [0.4, 0.5) is 5.69 Å². The summed E-state index contributed by atoms with van der Waals surface area (Å²) in [4.78, 5) is -0.279. The molecule has 102 valence electrons. The fraction of sp³-hybridized carbons (Fsp3) is 0.333. The molecule has 4 N–H and O–H groups in total. The van der Waals surface area contributed by atoms with Crippen LogP contribution >= 0.6 is 0 Å². The Morgan fingerprint density at radius 3 is 2.17 bits per heavy atom. The molecule has 1 rings (SSSR count). The number of hydrogen-bond acceptors (Lipinski definition) is 4. The van der Waals surface area contributed by atoms with E-state index in [1.54, 1.807) is 13.8 Å². The van der Waals surface area contributed by atoms with Crippen molar-refractivity contribution in [3.05, 3.63) is 24.3 Å². The van der Waals surface area contributed by atoms with Crippen LogP contribution in [-0.4, -0.2) is 22.9 Å². The third kappa shape index (κ3) is 4.26. The van der Waals surface area contributed by atoms with Crippen molar-refractivity contribution in [3.63, 3.8) is 0 Å². The van der Waals surface area contributed by atoms with Crippen molar-refractivity contribution in [2.24, 2.45) is 5.14 Å². The van der Waals surface area contributed by atoms with Gasteiger partial charge in [-0.25, -0.2) is 13.6 Å². The van der Waals surface area contributed by atoms with Gasteiger partial charge in [0.15, 0.2) is 0 Å². The number of anilines is 1. The Hall–Kier alpha value is -1.16. The van der Waals surface area contributed by atoms with Crippen LogP contribution in [0.25, 0.3) is 0 Å². The highest BCUT2D eigenvalue weighted by Crippen LogP contribution is 2.20. The highest BCUT2D eigenvalue weighted by atomic mass is 32.2. The minimum atomic E-state index is -3.99. The monoisotopic (exact) mass is 293 g/mol. The van der Waals surface area contributed by atoms with Crippen LogP contribution in [0.15, 0.2) is 29.2 Å². The highest BCUT2D eigenvalue weighted by molar-refractivity contribution is 7.91. The van der Waals surface area contributed by atoms with Gasteiger partial charge >= 0.3 is 0 Å². The van der Waals surface area contributed by atoms with Crippen molar-refractivity contribution < 1.29 is 16.8 Å². The average Bonchev–Trinajstić information content (AvgIpc) is 2.13. The van der Waals surface area contributed by atoms with Gasteiger partial charge in [0.25, 0.3) is 10.2 Å². The normalized spacial score (nSPS) is 12.7. The van der Waals surface area contributed by atoms with Gasteiger partial charge in [-0.05, 0) is 26.0 Å². The van der Waals surface area contributed by atoms with E-state index in [0.717, 1.165) is 0 Å². The van der Waals surface area contributed by atoms with E-state index in [2.05, 4.69) is 9.44 Å². The van der Waals surface area contributed by atoms with E-state index < -0.39 is 20.2 Å². The third-order valence-electron chi connectivity index (χ3n) is 1.83. The van der Waals surface area contributed by atoms with Gasteiger partial charge in [0.2, 0.25) is 10.0 Å². The lowest BCUT2D eigenvalue weighted by Crippen LogP contribution is -2.35. The smallest absolute Gasteiger partial charge is 0.270 e. The zero-order chi connectivity index (χ0) is 14.0. The summed E-state index contributed by atoms with van der Waals surface area (Å²) in [5.74, 6) is 0. The van der Waals surface area contributed by atoms with Crippen LogP contribution in [0.2, 0.25) is 0 Å². The van der Waals surface area contributed by atoms with Crippen LogP contribution in [0.3, 0.4) is 0 Å². The van der Waals surface area contributed by atoms with E-state index in [9.17, 15) is 16.8 Å². The molecule has 18 heavy (non-hydrogen) atoms. The first kappa shape index (κ1) is 14.9. The van der Waals surface area contributed by atoms with Crippen molar-refractivity contribution in [2.45, 2.75) is 24.8 Å². The summed E-state index contributed by atoms with van der Waals surface area (Å²) in [6.07, 6.45) is 0. The summed E-state index contributed by atoms with van der Waals surface area (Å²) in [5.41, 5.74) is -0.0897. The summed E-state index contributed by atoms with van der Waals surface area (Å²) in [5, 5.41) is 4.99. The molecule has 7 nitrogen and oxygen atoms in total. The topological polar surface area (TPSA) is 118 Å². The van der Waals surface area contributed by atoms with E-state index in [0.29, 0.717) is 0 Å². The largest absolute Gasteiger partial charge is 0.299 e. The zero-order valence-electron chi connectivity index (χ0n) is 9.91. The van der Waals surface area contributed by atoms with Gasteiger partial charge in [0.05, 0.1) is 5.69 Å². The minimum Gasteiger partial charge on any atom is -0.270 e. The van der Waals surface area contributed by atoms with Crippen molar-refractivity contribution >= 4 is 25.9 Å². The lowest BCUT2D eigenvalue weighted by Gasteiger charge is -2.13. The molecule has 0 bridgehead atoms. The van der Waals surface area contributed by atoms with Gasteiger partial charge in [0.1, 0.15) is 4.90 Å². The summed E-state index contributed by atoms with van der Waals surface area (Å²) in [7, 11) is -7.83. The van der Waals surface area contributed by atoms with Crippen LogP contribution in [0.1, 0.15) is 13.8 Å². The van der Waals surface area contributed by atoms with Gasteiger partial charge < -0.3 is 0 Å². The first-order chi connectivity index (χ1) is 8.12. The van der Waals surface area contributed by atoms with Crippen LogP contribution in [0.5, 0.6) is 0 Å². The molecule has 0 saturated carbocycles. The Kier molecular flexibility index (Phi) is 4.32. The van der Waals surface area contributed by atoms with Crippen molar-refractivity contribution in [1.29, 1.82) is 0 Å². The molecule has 0 spiro atoms. The minimum absolute atomic E-state index is 0.0897. The predicted molar refractivity (Wildman–Crippen MR) is 68.6 cm³/mol. The maximum Gasteiger partial charge on any atom is 0.299 e. The Morgan fingerprint density at radius 1 is 1.11 bits per heavy atom. The number of benzene rings is 1. The number of sulfonamides is 1. The first-order valence-corrected chi connectivity index (χ1v) is 8.06. The number of primary sulfonamides is 1. The van der Waals surface area contributed by atoms with Gasteiger partial charge in [0, 0.05) is 6.04 Å². The summed E-state index contributed by atoms with van der Waals surface area (Å²) in [6, 6.07) is 5.18. The molecule has 0 aliphatic rings. The maximum absolute atomic E-state index is 11.6. The molecule has 0 saturated heterocycles. The predicted octanol–water partition coefficient (Wildman–Crippen LogP) is -0.0113. The Bertz CT molecular complexity index is 623. The van der Waals surface area contributed by atoms with Gasteiger partial charge in [-0.3, -0.25) is 4.72 Å². The highest BCUT2D eigenvalue weighted by Gasteiger charge is 2.18. The molecule has 0 aromatic heterocycles. The molecule has 0 unspecified atom stereocenters. The molecule has 0 aliphatic carbocycles. The Labute approximate surface area is 107 Å². The third-order valence-corrected chi connectivity index (χ3v) is 4.07. The number of rotatable bonds is 5. The second-order valence-electron chi connectivity index (χ2n) is 3.92. The Morgan fingerprint density at radius 2 is 1.67 bits per heavy atom. The fourth-order valence-corrected chi connectivity index (χ4v) is 3.19. The molecule has 0 amide bonds. The molecule has 0 aliphatic heterocycles. The van der Waals surface area contributed by atoms with E-state index in [1.165, 1.54) is 24.3 Å².